The van der Waals surface area contributed by atoms with Gasteiger partial charge in [0.25, 0.3) is 0 Å². The minimum absolute atomic E-state index is 0.162. The number of rotatable bonds is 6. The first-order chi connectivity index (χ1) is 14.2. The van der Waals surface area contributed by atoms with Gasteiger partial charge in [-0.2, -0.15) is 0 Å². The Morgan fingerprint density at radius 2 is 1.86 bits per heavy atom. The quantitative estimate of drug-likeness (QED) is 0.523. The van der Waals surface area contributed by atoms with Gasteiger partial charge < -0.3 is 20.2 Å². The lowest BCUT2D eigenvalue weighted by atomic mass is 10.2. The van der Waals surface area contributed by atoms with Crippen molar-refractivity contribution in [2.45, 2.75) is 13.5 Å². The van der Waals surface area contributed by atoms with E-state index >= 15 is 0 Å². The summed E-state index contributed by atoms with van der Waals surface area (Å²) < 4.78 is 12.4. The number of aromatic amines is 1. The number of hydrogen-bond donors (Lipinski definition) is 2. The van der Waals surface area contributed by atoms with Gasteiger partial charge in [0.1, 0.15) is 17.0 Å². The third-order valence-corrected chi connectivity index (χ3v) is 4.55. The van der Waals surface area contributed by atoms with Crippen LogP contribution >= 0.6 is 0 Å². The highest BCUT2D eigenvalue weighted by atomic mass is 16.5. The van der Waals surface area contributed by atoms with Crippen molar-refractivity contribution < 1.29 is 9.47 Å². The molecule has 0 radical (unpaired) electrons. The molecule has 2 aromatic heterocycles. The fourth-order valence-corrected chi connectivity index (χ4v) is 3.22. The summed E-state index contributed by atoms with van der Waals surface area (Å²) in [5.74, 6) is 1.80. The largest absolute Gasteiger partial charge is 0.495 e. The van der Waals surface area contributed by atoms with Crippen molar-refractivity contribution in [1.29, 1.82) is 0 Å². The van der Waals surface area contributed by atoms with Gasteiger partial charge in [0.15, 0.2) is 11.5 Å². The molecule has 4 aromatic rings. The van der Waals surface area contributed by atoms with Crippen molar-refractivity contribution in [2.24, 2.45) is 5.73 Å². The van der Waals surface area contributed by atoms with Gasteiger partial charge in [0, 0.05) is 12.1 Å². The van der Waals surface area contributed by atoms with Gasteiger partial charge in [0.05, 0.1) is 25.1 Å². The standard InChI is InChI=1S/C21H21N5O3/c1-3-29-14-10-8-13(9-11-14)19-23-15(12-22)18-20(25-19)26(21(27)24-18)16-6-4-5-7-17(16)28-2/h4-11H,3,12,22H2,1-2H3,(H,24,27). The van der Waals surface area contributed by atoms with Gasteiger partial charge in [0.2, 0.25) is 0 Å². The Bertz CT molecular complexity index is 1210. The average Bonchev–Trinajstić information content (AvgIpc) is 3.09. The Hall–Kier alpha value is -3.65. The van der Waals surface area contributed by atoms with Crippen molar-refractivity contribution in [3.8, 4) is 28.6 Å². The summed E-state index contributed by atoms with van der Waals surface area (Å²) >= 11 is 0. The highest BCUT2D eigenvalue weighted by Crippen LogP contribution is 2.27. The third-order valence-electron chi connectivity index (χ3n) is 4.55. The summed E-state index contributed by atoms with van der Waals surface area (Å²) in [5, 5.41) is 0. The number of benzene rings is 2. The molecular formula is C21H21N5O3. The normalized spacial score (nSPS) is 11.0. The van der Waals surface area contributed by atoms with Gasteiger partial charge in [-0.05, 0) is 43.3 Å². The SMILES string of the molecule is CCOc1ccc(-c2nc(CN)c3[nH]c(=O)n(-c4ccccc4OC)c3n2)cc1. The lowest BCUT2D eigenvalue weighted by Gasteiger charge is -2.10. The van der Waals surface area contributed by atoms with Gasteiger partial charge in [-0.25, -0.2) is 19.3 Å². The predicted octanol–water partition coefficient (Wildman–Crippen LogP) is 2.64. The Morgan fingerprint density at radius 3 is 2.55 bits per heavy atom. The second-order valence-electron chi connectivity index (χ2n) is 6.29. The summed E-state index contributed by atoms with van der Waals surface area (Å²) in [6.07, 6.45) is 0. The summed E-state index contributed by atoms with van der Waals surface area (Å²) in [4.78, 5) is 24.8. The van der Waals surface area contributed by atoms with E-state index in [1.807, 2.05) is 43.3 Å². The fourth-order valence-electron chi connectivity index (χ4n) is 3.22. The number of nitrogens with one attached hydrogen (secondary N) is 1. The number of nitrogens with zero attached hydrogens (tertiary/aromatic N) is 3. The maximum Gasteiger partial charge on any atom is 0.332 e. The molecule has 8 nitrogen and oxygen atoms in total. The number of H-pyrrole nitrogens is 1. The molecule has 0 unspecified atom stereocenters. The van der Waals surface area contributed by atoms with Crippen LogP contribution in [0.4, 0.5) is 0 Å². The second-order valence-corrected chi connectivity index (χ2v) is 6.29. The molecule has 148 valence electrons. The first-order valence-electron chi connectivity index (χ1n) is 9.24. The lowest BCUT2D eigenvalue weighted by Crippen LogP contribution is -2.15. The Kier molecular flexibility index (Phi) is 5.01. The van der Waals surface area contributed by atoms with Crippen molar-refractivity contribution in [3.63, 3.8) is 0 Å². The monoisotopic (exact) mass is 391 g/mol. The number of hydrogen-bond acceptors (Lipinski definition) is 6. The maximum absolute atomic E-state index is 12.8. The van der Waals surface area contributed by atoms with E-state index in [1.165, 1.54) is 4.57 Å². The minimum atomic E-state index is -0.336. The van der Waals surface area contributed by atoms with E-state index in [2.05, 4.69) is 15.0 Å². The molecule has 0 aliphatic rings. The molecule has 4 rings (SSSR count). The van der Waals surface area contributed by atoms with Crippen molar-refractivity contribution >= 4 is 11.2 Å². The van der Waals surface area contributed by atoms with E-state index in [1.54, 1.807) is 19.2 Å². The van der Waals surface area contributed by atoms with Crippen LogP contribution in [-0.4, -0.2) is 33.2 Å². The molecule has 0 saturated heterocycles. The average molecular weight is 391 g/mol. The van der Waals surface area contributed by atoms with E-state index in [-0.39, 0.29) is 12.2 Å². The molecule has 0 bridgehead atoms. The number of fused-ring (bicyclic) bond motifs is 1. The lowest BCUT2D eigenvalue weighted by molar-refractivity contribution is 0.340. The third kappa shape index (κ3) is 3.34. The minimum Gasteiger partial charge on any atom is -0.495 e. The van der Waals surface area contributed by atoms with Crippen LogP contribution in [0.5, 0.6) is 11.5 Å². The summed E-state index contributed by atoms with van der Waals surface area (Å²) in [7, 11) is 1.56. The molecule has 0 saturated carbocycles. The molecule has 0 aliphatic heterocycles. The molecule has 2 aromatic carbocycles. The molecule has 0 atom stereocenters. The first-order valence-corrected chi connectivity index (χ1v) is 9.24. The van der Waals surface area contributed by atoms with Crippen LogP contribution in [0.1, 0.15) is 12.6 Å². The number of imidazole rings is 1. The van der Waals surface area contributed by atoms with E-state index in [9.17, 15) is 4.79 Å². The number of para-hydroxylation sites is 2. The fraction of sp³-hybridized carbons (Fsp3) is 0.190. The van der Waals surface area contributed by atoms with Crippen molar-refractivity contribution in [3.05, 3.63) is 64.7 Å². The number of methoxy groups -OCH3 is 1. The van der Waals surface area contributed by atoms with E-state index in [0.717, 1.165) is 11.3 Å². The highest BCUT2D eigenvalue weighted by molar-refractivity contribution is 5.78. The Morgan fingerprint density at radius 1 is 1.10 bits per heavy atom. The highest BCUT2D eigenvalue weighted by Gasteiger charge is 2.18. The zero-order valence-electron chi connectivity index (χ0n) is 16.2. The number of nitrogens with two attached hydrogens (primary N) is 1. The van der Waals surface area contributed by atoms with Gasteiger partial charge in [-0.15, -0.1) is 0 Å². The van der Waals surface area contributed by atoms with Crippen LogP contribution in [0.2, 0.25) is 0 Å². The predicted molar refractivity (Wildman–Crippen MR) is 111 cm³/mol. The molecular weight excluding hydrogens is 370 g/mol. The molecule has 3 N–H and O–H groups in total. The van der Waals surface area contributed by atoms with Crippen LogP contribution in [-0.2, 0) is 6.54 Å². The number of aromatic nitrogens is 4. The van der Waals surface area contributed by atoms with E-state index in [4.69, 9.17) is 15.2 Å². The van der Waals surface area contributed by atoms with E-state index < -0.39 is 0 Å². The van der Waals surface area contributed by atoms with Gasteiger partial charge in [-0.3, -0.25) is 0 Å². The summed E-state index contributed by atoms with van der Waals surface area (Å²) in [6.45, 7) is 2.68. The zero-order valence-corrected chi connectivity index (χ0v) is 16.2. The van der Waals surface area contributed by atoms with E-state index in [0.29, 0.717) is 40.7 Å². The topological polar surface area (TPSA) is 108 Å². The van der Waals surface area contributed by atoms with Crippen LogP contribution in [0.25, 0.3) is 28.2 Å². The smallest absolute Gasteiger partial charge is 0.332 e. The van der Waals surface area contributed by atoms with Crippen LogP contribution < -0.4 is 20.9 Å². The maximum atomic E-state index is 12.8. The van der Waals surface area contributed by atoms with Crippen LogP contribution in [0.3, 0.4) is 0 Å². The molecule has 29 heavy (non-hydrogen) atoms. The molecule has 2 heterocycles. The Balaban J connectivity index is 1.94. The zero-order chi connectivity index (χ0) is 20.4. The molecule has 8 heteroatoms. The molecule has 0 fully saturated rings. The molecule has 0 aliphatic carbocycles. The molecule has 0 spiro atoms. The van der Waals surface area contributed by atoms with Crippen LogP contribution in [0.15, 0.2) is 53.3 Å². The number of ether oxygens (including phenoxy) is 2. The van der Waals surface area contributed by atoms with Crippen molar-refractivity contribution in [2.75, 3.05) is 13.7 Å². The summed E-state index contributed by atoms with van der Waals surface area (Å²) in [6, 6.07) is 14.7. The summed E-state index contributed by atoms with van der Waals surface area (Å²) in [5.41, 5.74) is 8.48. The Labute approximate surface area is 166 Å². The first kappa shape index (κ1) is 18.7. The van der Waals surface area contributed by atoms with Gasteiger partial charge in [-0.1, -0.05) is 12.1 Å². The molecule has 0 amide bonds. The van der Waals surface area contributed by atoms with Crippen LogP contribution in [0, 0.1) is 0 Å². The van der Waals surface area contributed by atoms with Gasteiger partial charge >= 0.3 is 5.69 Å². The second kappa shape index (κ2) is 7.76. The van der Waals surface area contributed by atoms with Crippen molar-refractivity contribution in [1.82, 2.24) is 19.5 Å².